The second-order valence-electron chi connectivity index (χ2n) is 6.10. The zero-order chi connectivity index (χ0) is 16.9. The van der Waals surface area contributed by atoms with Gasteiger partial charge in [0.25, 0.3) is 0 Å². The second-order valence-corrected chi connectivity index (χ2v) is 7.01. The molecule has 0 aliphatic carbocycles. The highest BCUT2D eigenvalue weighted by Crippen LogP contribution is 2.25. The molecule has 0 spiro atoms. The van der Waals surface area contributed by atoms with Gasteiger partial charge in [-0.3, -0.25) is 9.69 Å². The average Bonchev–Trinajstić information content (AvgIpc) is 2.98. The second kappa shape index (κ2) is 7.63. The van der Waals surface area contributed by atoms with Crippen LogP contribution in [-0.4, -0.2) is 42.5 Å². The van der Waals surface area contributed by atoms with Crippen LogP contribution in [0.15, 0.2) is 29.6 Å². The van der Waals surface area contributed by atoms with E-state index < -0.39 is 0 Å². The third kappa shape index (κ3) is 4.24. The van der Waals surface area contributed by atoms with Crippen LogP contribution in [0.3, 0.4) is 0 Å². The fourth-order valence-corrected chi connectivity index (χ4v) is 4.00. The topological polar surface area (TPSA) is 87.5 Å². The van der Waals surface area contributed by atoms with Crippen LogP contribution >= 0.6 is 11.3 Å². The van der Waals surface area contributed by atoms with Crippen molar-refractivity contribution in [2.45, 2.75) is 25.4 Å². The molecule has 2 heterocycles. The first-order chi connectivity index (χ1) is 11.6. The molecule has 1 aliphatic heterocycles. The first kappa shape index (κ1) is 16.7. The van der Waals surface area contributed by atoms with E-state index in [0.717, 1.165) is 31.5 Å². The summed E-state index contributed by atoms with van der Waals surface area (Å²) >= 11 is 1.69. The van der Waals surface area contributed by atoms with Crippen LogP contribution in [0.4, 0.5) is 4.79 Å². The molecule has 0 saturated carbocycles. The summed E-state index contributed by atoms with van der Waals surface area (Å²) in [5.74, 6) is -0.304. The molecule has 2 aromatic rings. The zero-order valence-electron chi connectivity index (χ0n) is 13.5. The highest BCUT2D eigenvalue weighted by Gasteiger charge is 2.21. The van der Waals surface area contributed by atoms with E-state index in [0.29, 0.717) is 13.1 Å². The molecule has 0 atom stereocenters. The molecule has 0 unspecified atom stereocenters. The van der Waals surface area contributed by atoms with E-state index in [1.54, 1.807) is 11.3 Å². The summed E-state index contributed by atoms with van der Waals surface area (Å²) in [7, 11) is 0. The van der Waals surface area contributed by atoms with Gasteiger partial charge in [-0.1, -0.05) is 18.2 Å². The highest BCUT2D eigenvalue weighted by molar-refractivity contribution is 7.17. The number of fused-ring (bicyclic) bond motifs is 1. The van der Waals surface area contributed by atoms with Gasteiger partial charge in [0.1, 0.15) is 0 Å². The molecule has 6 nitrogen and oxygen atoms in total. The lowest BCUT2D eigenvalue weighted by molar-refractivity contribution is -0.119. The third-order valence-electron chi connectivity index (χ3n) is 4.30. The lowest BCUT2D eigenvalue weighted by atomic mass is 10.1. The van der Waals surface area contributed by atoms with E-state index in [4.69, 9.17) is 5.73 Å². The molecule has 7 heteroatoms. The molecule has 1 saturated heterocycles. The summed E-state index contributed by atoms with van der Waals surface area (Å²) in [4.78, 5) is 25.0. The monoisotopic (exact) mass is 346 g/mol. The number of thiophene rings is 1. The number of piperidine rings is 1. The fraction of sp³-hybridized carbons (Fsp3) is 0.412. The molecule has 0 bridgehead atoms. The Morgan fingerprint density at radius 2 is 2.00 bits per heavy atom. The maximum Gasteiger partial charge on any atom is 0.315 e. The molecule has 1 aromatic carbocycles. The van der Waals surface area contributed by atoms with Crippen LogP contribution in [0.2, 0.25) is 0 Å². The summed E-state index contributed by atoms with van der Waals surface area (Å²) in [6.07, 6.45) is 1.67. The largest absolute Gasteiger partial charge is 0.369 e. The average molecular weight is 346 g/mol. The smallest absolute Gasteiger partial charge is 0.315 e. The fourth-order valence-electron chi connectivity index (χ4n) is 3.04. The van der Waals surface area contributed by atoms with Gasteiger partial charge in [-0.15, -0.1) is 11.3 Å². The van der Waals surface area contributed by atoms with Crippen LogP contribution < -0.4 is 16.4 Å². The van der Waals surface area contributed by atoms with Crippen LogP contribution in [-0.2, 0) is 11.3 Å². The molecule has 24 heavy (non-hydrogen) atoms. The molecular weight excluding hydrogens is 324 g/mol. The van der Waals surface area contributed by atoms with E-state index in [9.17, 15) is 9.59 Å². The van der Waals surface area contributed by atoms with Gasteiger partial charge in [-0.2, -0.15) is 0 Å². The molecular formula is C17H22N4O2S. The van der Waals surface area contributed by atoms with Gasteiger partial charge in [-0.25, -0.2) is 4.79 Å². The quantitative estimate of drug-likeness (QED) is 0.769. The van der Waals surface area contributed by atoms with Crippen molar-refractivity contribution >= 4 is 33.4 Å². The number of amides is 3. The van der Waals surface area contributed by atoms with Gasteiger partial charge < -0.3 is 16.4 Å². The van der Waals surface area contributed by atoms with E-state index in [-0.39, 0.29) is 18.0 Å². The van der Waals surface area contributed by atoms with Crippen molar-refractivity contribution in [2.24, 2.45) is 5.73 Å². The molecule has 128 valence electrons. The van der Waals surface area contributed by atoms with Gasteiger partial charge in [0.05, 0.1) is 6.54 Å². The molecule has 3 amide bonds. The number of hydrogen-bond acceptors (Lipinski definition) is 4. The van der Waals surface area contributed by atoms with Crippen molar-refractivity contribution in [1.82, 2.24) is 15.5 Å². The Kier molecular flexibility index (Phi) is 5.32. The van der Waals surface area contributed by atoms with E-state index >= 15 is 0 Å². The first-order valence-corrected chi connectivity index (χ1v) is 9.00. The Hall–Kier alpha value is -2.12. The van der Waals surface area contributed by atoms with Crippen LogP contribution in [0.25, 0.3) is 10.1 Å². The van der Waals surface area contributed by atoms with Crippen molar-refractivity contribution in [2.75, 3.05) is 19.6 Å². The maximum atomic E-state index is 12.1. The number of nitrogens with one attached hydrogen (secondary N) is 2. The Labute approximate surface area is 145 Å². The number of urea groups is 1. The number of nitrogens with zero attached hydrogens (tertiary/aromatic N) is 1. The number of hydrogen-bond donors (Lipinski definition) is 3. The lowest BCUT2D eigenvalue weighted by Gasteiger charge is -2.31. The summed E-state index contributed by atoms with van der Waals surface area (Å²) in [6.45, 7) is 2.38. The Bertz CT molecular complexity index is 722. The van der Waals surface area contributed by atoms with Crippen molar-refractivity contribution < 1.29 is 9.59 Å². The van der Waals surface area contributed by atoms with Gasteiger partial charge in [0.15, 0.2) is 0 Å². The number of carbonyl (C=O) groups excluding carboxylic acids is 2. The molecule has 1 aromatic heterocycles. The Morgan fingerprint density at radius 1 is 1.25 bits per heavy atom. The number of likely N-dealkylation sites (tertiary alicyclic amines) is 1. The summed E-state index contributed by atoms with van der Waals surface area (Å²) in [5, 5.41) is 9.24. The summed E-state index contributed by atoms with van der Waals surface area (Å²) in [6, 6.07) is 8.21. The summed E-state index contributed by atoms with van der Waals surface area (Å²) < 4.78 is 1.23. The van der Waals surface area contributed by atoms with Crippen molar-refractivity contribution in [1.29, 1.82) is 0 Å². The minimum atomic E-state index is -0.304. The van der Waals surface area contributed by atoms with Gasteiger partial charge in [0, 0.05) is 30.4 Å². The zero-order valence-corrected chi connectivity index (χ0v) is 14.3. The Balaban J connectivity index is 1.44. The summed E-state index contributed by atoms with van der Waals surface area (Å²) in [5.41, 5.74) is 6.35. The molecule has 4 N–H and O–H groups in total. The number of rotatable bonds is 5. The van der Waals surface area contributed by atoms with Crippen molar-refractivity contribution in [3.05, 3.63) is 35.2 Å². The molecule has 1 fully saturated rings. The molecule has 0 radical (unpaired) electrons. The first-order valence-electron chi connectivity index (χ1n) is 8.12. The van der Waals surface area contributed by atoms with Gasteiger partial charge >= 0.3 is 6.03 Å². The highest BCUT2D eigenvalue weighted by atomic mass is 32.1. The van der Waals surface area contributed by atoms with Crippen molar-refractivity contribution in [3.8, 4) is 0 Å². The lowest BCUT2D eigenvalue weighted by Crippen LogP contribution is -2.49. The number of benzene rings is 1. The number of nitrogens with two attached hydrogens (primary N) is 1. The van der Waals surface area contributed by atoms with E-state index in [1.165, 1.54) is 10.1 Å². The number of carbonyl (C=O) groups is 2. The predicted molar refractivity (Wildman–Crippen MR) is 95.9 cm³/mol. The SMILES string of the molecule is NC(=O)CN1CCC(NC(=O)NCc2csc3ccccc23)CC1. The minimum absolute atomic E-state index is 0.140. The molecule has 3 rings (SSSR count). The normalized spacial score (nSPS) is 16.2. The van der Waals surface area contributed by atoms with Crippen molar-refractivity contribution in [3.63, 3.8) is 0 Å². The standard InChI is InChI=1S/C17H22N4O2S/c18-16(22)10-21-7-5-13(6-8-21)20-17(23)19-9-12-11-24-15-4-2-1-3-14(12)15/h1-4,11,13H,5-10H2,(H2,18,22)(H2,19,20,23). The minimum Gasteiger partial charge on any atom is -0.369 e. The van der Waals surface area contributed by atoms with Gasteiger partial charge in [-0.05, 0) is 35.2 Å². The third-order valence-corrected chi connectivity index (χ3v) is 5.32. The van der Waals surface area contributed by atoms with E-state index in [2.05, 4.69) is 28.1 Å². The molecule has 1 aliphatic rings. The number of primary amides is 1. The predicted octanol–water partition coefficient (Wildman–Crippen LogP) is 1.65. The van der Waals surface area contributed by atoms with Crippen LogP contribution in [0, 0.1) is 0 Å². The Morgan fingerprint density at radius 3 is 2.75 bits per heavy atom. The maximum absolute atomic E-state index is 12.1. The van der Waals surface area contributed by atoms with Crippen LogP contribution in [0.1, 0.15) is 18.4 Å². The van der Waals surface area contributed by atoms with E-state index in [1.807, 2.05) is 17.0 Å². The van der Waals surface area contributed by atoms with Gasteiger partial charge in [0.2, 0.25) is 5.91 Å². The van der Waals surface area contributed by atoms with Crippen LogP contribution in [0.5, 0.6) is 0 Å².